The predicted molar refractivity (Wildman–Crippen MR) is 105 cm³/mol. The van der Waals surface area contributed by atoms with Crippen LogP contribution in [-0.4, -0.2) is 54.9 Å². The van der Waals surface area contributed by atoms with Gasteiger partial charge >= 0.3 is 6.09 Å². The molecule has 4 aliphatic rings. The lowest BCUT2D eigenvalue weighted by Gasteiger charge is -2.48. The number of carboxylic acid groups (broad SMARTS) is 1. The average Bonchev–Trinajstić information content (AvgIpc) is 2.90. The van der Waals surface area contributed by atoms with Gasteiger partial charge in [0.05, 0.1) is 6.04 Å². The number of benzene rings is 1. The number of hydrogen-bond acceptors (Lipinski definition) is 3. The summed E-state index contributed by atoms with van der Waals surface area (Å²) in [6, 6.07) is 9.22. The second kappa shape index (κ2) is 6.67. The molecule has 2 atom stereocenters. The van der Waals surface area contributed by atoms with Gasteiger partial charge in [-0.15, -0.1) is 0 Å². The van der Waals surface area contributed by atoms with Crippen molar-refractivity contribution < 1.29 is 9.90 Å². The molecular weight excluding hydrogens is 326 g/mol. The zero-order chi connectivity index (χ0) is 18.3. The van der Waals surface area contributed by atoms with Crippen LogP contribution in [0.25, 0.3) is 0 Å². The van der Waals surface area contributed by atoms with Crippen LogP contribution in [0.15, 0.2) is 24.3 Å². The highest BCUT2D eigenvalue weighted by Crippen LogP contribution is 2.43. The summed E-state index contributed by atoms with van der Waals surface area (Å²) in [6.45, 7) is 9.14. The summed E-state index contributed by atoms with van der Waals surface area (Å²) in [5.41, 5.74) is 2.68. The highest BCUT2D eigenvalue weighted by Gasteiger charge is 2.46. The number of amides is 1. The SMILES string of the molecule is CC1(C)CC2CN(C(=O)O)CC1N(c1ccc(N3CCCCC3)cc1)C2. The van der Waals surface area contributed by atoms with Gasteiger partial charge < -0.3 is 19.8 Å². The van der Waals surface area contributed by atoms with E-state index in [0.717, 1.165) is 26.1 Å². The van der Waals surface area contributed by atoms with Crippen molar-refractivity contribution in [3.8, 4) is 0 Å². The van der Waals surface area contributed by atoms with E-state index in [2.05, 4.69) is 47.9 Å². The van der Waals surface area contributed by atoms with Crippen molar-refractivity contribution in [2.24, 2.45) is 11.3 Å². The first-order valence-corrected chi connectivity index (χ1v) is 10.0. The molecule has 4 fully saturated rings. The first kappa shape index (κ1) is 17.5. The highest BCUT2D eigenvalue weighted by molar-refractivity contribution is 5.66. The van der Waals surface area contributed by atoms with Crippen LogP contribution in [0.5, 0.6) is 0 Å². The van der Waals surface area contributed by atoms with Gasteiger partial charge in [-0.1, -0.05) is 13.8 Å². The number of carbonyl (C=O) groups is 1. The van der Waals surface area contributed by atoms with E-state index in [0.29, 0.717) is 19.0 Å². The van der Waals surface area contributed by atoms with E-state index in [1.54, 1.807) is 4.90 Å². The van der Waals surface area contributed by atoms with Crippen molar-refractivity contribution in [3.05, 3.63) is 24.3 Å². The lowest BCUT2D eigenvalue weighted by Crippen LogP contribution is -2.54. The molecule has 0 saturated carbocycles. The van der Waals surface area contributed by atoms with Gasteiger partial charge in [0.1, 0.15) is 0 Å². The number of rotatable bonds is 2. The fourth-order valence-electron chi connectivity index (χ4n) is 5.28. The van der Waals surface area contributed by atoms with Gasteiger partial charge in [-0.05, 0) is 61.3 Å². The zero-order valence-electron chi connectivity index (χ0n) is 16.0. The molecule has 2 bridgehead atoms. The molecule has 0 aromatic heterocycles. The first-order chi connectivity index (χ1) is 12.4. The molecular formula is C21H31N3O2. The highest BCUT2D eigenvalue weighted by atomic mass is 16.4. The molecule has 4 saturated heterocycles. The number of nitrogens with zero attached hydrogens (tertiary/aromatic N) is 3. The van der Waals surface area contributed by atoms with Crippen LogP contribution >= 0.6 is 0 Å². The van der Waals surface area contributed by atoms with Crippen LogP contribution in [0.3, 0.4) is 0 Å². The Bertz CT molecular complexity index is 652. The third-order valence-electron chi connectivity index (χ3n) is 6.59. The average molecular weight is 357 g/mol. The molecule has 5 nitrogen and oxygen atoms in total. The van der Waals surface area contributed by atoms with E-state index >= 15 is 0 Å². The molecule has 2 unspecified atom stereocenters. The summed E-state index contributed by atoms with van der Waals surface area (Å²) in [4.78, 5) is 18.2. The second-order valence-corrected chi connectivity index (χ2v) is 8.98. The largest absolute Gasteiger partial charge is 0.465 e. The summed E-state index contributed by atoms with van der Waals surface area (Å²) in [7, 11) is 0. The van der Waals surface area contributed by atoms with Gasteiger partial charge in [0.15, 0.2) is 0 Å². The third-order valence-corrected chi connectivity index (χ3v) is 6.59. The van der Waals surface area contributed by atoms with Crippen LogP contribution in [-0.2, 0) is 0 Å². The van der Waals surface area contributed by atoms with E-state index in [9.17, 15) is 9.90 Å². The van der Waals surface area contributed by atoms with E-state index < -0.39 is 6.09 Å². The molecule has 5 heteroatoms. The van der Waals surface area contributed by atoms with E-state index in [4.69, 9.17) is 0 Å². The lowest BCUT2D eigenvalue weighted by molar-refractivity contribution is 0.142. The number of fused-ring (bicyclic) bond motifs is 4. The van der Waals surface area contributed by atoms with Gasteiger partial charge in [0, 0.05) is 44.1 Å². The maximum absolute atomic E-state index is 11.6. The molecule has 26 heavy (non-hydrogen) atoms. The molecule has 1 aromatic carbocycles. The summed E-state index contributed by atoms with van der Waals surface area (Å²) in [6.07, 6.45) is 4.25. The maximum Gasteiger partial charge on any atom is 0.407 e. The third kappa shape index (κ3) is 3.24. The molecule has 142 valence electrons. The Kier molecular flexibility index (Phi) is 4.49. The molecule has 4 aliphatic heterocycles. The van der Waals surface area contributed by atoms with Crippen molar-refractivity contribution in [1.82, 2.24) is 4.90 Å². The molecule has 4 heterocycles. The zero-order valence-corrected chi connectivity index (χ0v) is 16.0. The Morgan fingerprint density at radius 1 is 1.00 bits per heavy atom. The Morgan fingerprint density at radius 3 is 2.31 bits per heavy atom. The fraction of sp³-hybridized carbons (Fsp3) is 0.667. The monoisotopic (exact) mass is 357 g/mol. The van der Waals surface area contributed by atoms with Crippen LogP contribution < -0.4 is 9.80 Å². The Morgan fingerprint density at radius 2 is 1.65 bits per heavy atom. The molecule has 0 aliphatic carbocycles. The lowest BCUT2D eigenvalue weighted by atomic mass is 9.73. The Labute approximate surface area is 156 Å². The fourth-order valence-corrected chi connectivity index (χ4v) is 5.28. The number of anilines is 2. The minimum Gasteiger partial charge on any atom is -0.465 e. The molecule has 1 N–H and O–H groups in total. The minimum atomic E-state index is -0.778. The van der Waals surface area contributed by atoms with Gasteiger partial charge in [0.25, 0.3) is 0 Å². The van der Waals surface area contributed by atoms with Crippen molar-refractivity contribution in [3.63, 3.8) is 0 Å². The molecule has 1 aromatic rings. The summed E-state index contributed by atoms with van der Waals surface area (Å²) in [5, 5.41) is 9.54. The van der Waals surface area contributed by atoms with Crippen molar-refractivity contribution in [2.75, 3.05) is 42.5 Å². The van der Waals surface area contributed by atoms with Crippen LogP contribution in [0.2, 0.25) is 0 Å². The minimum absolute atomic E-state index is 0.124. The Hall–Kier alpha value is -1.91. The topological polar surface area (TPSA) is 47.0 Å². The molecule has 5 rings (SSSR count). The van der Waals surface area contributed by atoms with Crippen molar-refractivity contribution in [2.45, 2.75) is 45.6 Å². The van der Waals surface area contributed by atoms with Gasteiger partial charge in [-0.25, -0.2) is 4.79 Å². The van der Waals surface area contributed by atoms with Gasteiger partial charge in [0.2, 0.25) is 0 Å². The normalized spacial score (nSPS) is 28.2. The van der Waals surface area contributed by atoms with Crippen molar-refractivity contribution >= 4 is 17.5 Å². The summed E-state index contributed by atoms with van der Waals surface area (Å²) < 4.78 is 0. The number of hydrogen-bond donors (Lipinski definition) is 1. The maximum atomic E-state index is 11.6. The smallest absolute Gasteiger partial charge is 0.407 e. The molecule has 1 amide bonds. The quantitative estimate of drug-likeness (QED) is 0.872. The number of piperidine rings is 2. The van der Waals surface area contributed by atoms with E-state index in [1.165, 1.54) is 30.6 Å². The standard InChI is InChI=1S/C21H31N3O2/c1-21(2)12-16-13-23(20(25)26)15-19(21)24(14-16)18-8-6-17(7-9-18)22-10-4-3-5-11-22/h6-9,16,19H,3-5,10-15H2,1-2H3,(H,25,26). The van der Waals surface area contributed by atoms with Crippen LogP contribution in [0.1, 0.15) is 39.5 Å². The Balaban J connectivity index is 1.57. The first-order valence-electron chi connectivity index (χ1n) is 10.0. The molecule has 0 spiro atoms. The second-order valence-electron chi connectivity index (χ2n) is 8.98. The van der Waals surface area contributed by atoms with E-state index in [1.807, 2.05) is 0 Å². The summed E-state index contributed by atoms with van der Waals surface area (Å²) >= 11 is 0. The van der Waals surface area contributed by atoms with E-state index in [-0.39, 0.29) is 11.5 Å². The molecule has 0 radical (unpaired) electrons. The van der Waals surface area contributed by atoms with Crippen LogP contribution in [0, 0.1) is 11.3 Å². The van der Waals surface area contributed by atoms with Crippen molar-refractivity contribution in [1.29, 1.82) is 0 Å². The van der Waals surface area contributed by atoms with Crippen LogP contribution in [0.4, 0.5) is 16.2 Å². The summed E-state index contributed by atoms with van der Waals surface area (Å²) in [5.74, 6) is 0.404. The van der Waals surface area contributed by atoms with Gasteiger partial charge in [-0.3, -0.25) is 0 Å². The predicted octanol–water partition coefficient (Wildman–Crippen LogP) is 3.89. The van der Waals surface area contributed by atoms with Gasteiger partial charge in [-0.2, -0.15) is 0 Å².